The standard InChI is InChI=1S/C21H32ClN5O/c1-4-20(28)27-10-8-18(14-27)25-21(23-3)24-12-16-7-9-26(13-16)19-11-17(22)6-5-15(19)2/h5-6,11,16,18H,4,7-10,12-14H2,1-3H3,(H2,23,24,25). The van der Waals surface area contributed by atoms with Crippen molar-refractivity contribution in [3.05, 3.63) is 28.8 Å². The SMILES string of the molecule is CCC(=O)N1CCC(NC(=NC)NCC2CCN(c3cc(Cl)ccc3C)C2)C1. The predicted octanol–water partition coefficient (Wildman–Crippen LogP) is 2.65. The fraction of sp³-hybridized carbons (Fsp3) is 0.619. The Morgan fingerprint density at radius 3 is 2.86 bits per heavy atom. The molecule has 2 aliphatic heterocycles. The van der Waals surface area contributed by atoms with Gasteiger partial charge in [-0.25, -0.2) is 0 Å². The second kappa shape index (κ2) is 9.50. The number of benzene rings is 1. The van der Waals surface area contributed by atoms with Gasteiger partial charge in [0.25, 0.3) is 0 Å². The second-order valence-corrected chi connectivity index (χ2v) is 8.24. The van der Waals surface area contributed by atoms with Gasteiger partial charge in [-0.15, -0.1) is 0 Å². The number of carbonyl (C=O) groups excluding carboxylic acids is 1. The topological polar surface area (TPSA) is 60.0 Å². The Morgan fingerprint density at radius 2 is 2.11 bits per heavy atom. The fourth-order valence-corrected chi connectivity index (χ4v) is 4.26. The summed E-state index contributed by atoms with van der Waals surface area (Å²) in [7, 11) is 1.80. The van der Waals surface area contributed by atoms with Gasteiger partial charge in [0.2, 0.25) is 5.91 Å². The molecule has 2 aliphatic rings. The monoisotopic (exact) mass is 405 g/mol. The Morgan fingerprint density at radius 1 is 1.29 bits per heavy atom. The number of hydrogen-bond acceptors (Lipinski definition) is 3. The number of hydrogen-bond donors (Lipinski definition) is 2. The lowest BCUT2D eigenvalue weighted by Gasteiger charge is -2.22. The third-order valence-electron chi connectivity index (χ3n) is 5.76. The average molecular weight is 406 g/mol. The normalized spacial score (nSPS) is 22.6. The molecule has 1 amide bonds. The van der Waals surface area contributed by atoms with Crippen LogP contribution in [0.15, 0.2) is 23.2 Å². The molecule has 28 heavy (non-hydrogen) atoms. The zero-order valence-corrected chi connectivity index (χ0v) is 17.9. The zero-order chi connectivity index (χ0) is 20.1. The molecule has 0 saturated carbocycles. The van der Waals surface area contributed by atoms with Crippen molar-refractivity contribution in [2.75, 3.05) is 44.7 Å². The van der Waals surface area contributed by atoms with Gasteiger partial charge in [0.1, 0.15) is 0 Å². The van der Waals surface area contributed by atoms with Crippen molar-refractivity contribution < 1.29 is 4.79 Å². The van der Waals surface area contributed by atoms with Crippen molar-refractivity contribution >= 4 is 29.2 Å². The van der Waals surface area contributed by atoms with E-state index in [1.165, 1.54) is 11.3 Å². The van der Waals surface area contributed by atoms with Crippen LogP contribution < -0.4 is 15.5 Å². The van der Waals surface area contributed by atoms with Crippen molar-refractivity contribution in [3.63, 3.8) is 0 Å². The molecule has 2 N–H and O–H groups in total. The first-order chi connectivity index (χ1) is 13.5. The van der Waals surface area contributed by atoms with Crippen LogP contribution in [-0.4, -0.2) is 62.6 Å². The minimum absolute atomic E-state index is 0.231. The lowest BCUT2D eigenvalue weighted by molar-refractivity contribution is -0.129. The number of aliphatic imine (C=N–C) groups is 1. The average Bonchev–Trinajstić information content (AvgIpc) is 3.36. The van der Waals surface area contributed by atoms with Gasteiger partial charge in [0.15, 0.2) is 5.96 Å². The highest BCUT2D eigenvalue weighted by atomic mass is 35.5. The molecule has 1 aromatic carbocycles. The van der Waals surface area contributed by atoms with Gasteiger partial charge < -0.3 is 20.4 Å². The van der Waals surface area contributed by atoms with Crippen LogP contribution in [0.1, 0.15) is 31.7 Å². The highest BCUT2D eigenvalue weighted by Crippen LogP contribution is 2.29. The summed E-state index contributed by atoms with van der Waals surface area (Å²) >= 11 is 6.19. The van der Waals surface area contributed by atoms with E-state index in [0.29, 0.717) is 12.3 Å². The largest absolute Gasteiger partial charge is 0.371 e. The molecule has 0 aliphatic carbocycles. The number of nitrogens with zero attached hydrogens (tertiary/aromatic N) is 3. The molecule has 2 atom stereocenters. The van der Waals surface area contributed by atoms with Gasteiger partial charge in [-0.1, -0.05) is 24.6 Å². The number of amides is 1. The molecule has 0 spiro atoms. The summed E-state index contributed by atoms with van der Waals surface area (Å²) in [6.45, 7) is 8.61. The first-order valence-electron chi connectivity index (χ1n) is 10.3. The minimum atomic E-state index is 0.231. The van der Waals surface area contributed by atoms with E-state index in [-0.39, 0.29) is 11.9 Å². The van der Waals surface area contributed by atoms with E-state index in [0.717, 1.165) is 56.5 Å². The third kappa shape index (κ3) is 5.10. The molecule has 154 valence electrons. The summed E-state index contributed by atoms with van der Waals surface area (Å²) in [5.74, 6) is 1.63. The number of likely N-dealkylation sites (tertiary alicyclic amines) is 1. The van der Waals surface area contributed by atoms with Crippen LogP contribution in [0.3, 0.4) is 0 Å². The first kappa shape index (κ1) is 20.8. The van der Waals surface area contributed by atoms with Gasteiger partial charge in [0.05, 0.1) is 0 Å². The van der Waals surface area contributed by atoms with Crippen molar-refractivity contribution in [2.24, 2.45) is 10.9 Å². The molecule has 0 aromatic heterocycles. The maximum Gasteiger partial charge on any atom is 0.222 e. The highest BCUT2D eigenvalue weighted by Gasteiger charge is 2.27. The molecule has 1 aromatic rings. The molecule has 2 heterocycles. The Hall–Kier alpha value is -1.95. The number of anilines is 1. The molecule has 2 saturated heterocycles. The van der Waals surface area contributed by atoms with Gasteiger partial charge in [-0.3, -0.25) is 9.79 Å². The molecule has 2 fully saturated rings. The zero-order valence-electron chi connectivity index (χ0n) is 17.2. The second-order valence-electron chi connectivity index (χ2n) is 7.81. The van der Waals surface area contributed by atoms with E-state index in [1.807, 2.05) is 17.9 Å². The lowest BCUT2D eigenvalue weighted by atomic mass is 10.1. The number of guanidine groups is 1. The van der Waals surface area contributed by atoms with E-state index < -0.39 is 0 Å². The summed E-state index contributed by atoms with van der Waals surface area (Å²) in [5, 5.41) is 7.74. The van der Waals surface area contributed by atoms with Crippen LogP contribution in [0.25, 0.3) is 0 Å². The minimum Gasteiger partial charge on any atom is -0.371 e. The lowest BCUT2D eigenvalue weighted by Crippen LogP contribution is -2.46. The van der Waals surface area contributed by atoms with Crippen LogP contribution in [-0.2, 0) is 4.79 Å². The summed E-state index contributed by atoms with van der Waals surface area (Å²) in [6, 6.07) is 6.37. The number of rotatable bonds is 5. The molecule has 2 unspecified atom stereocenters. The molecular weight excluding hydrogens is 374 g/mol. The van der Waals surface area contributed by atoms with Crippen LogP contribution >= 0.6 is 11.6 Å². The van der Waals surface area contributed by atoms with Gasteiger partial charge in [-0.2, -0.15) is 0 Å². The van der Waals surface area contributed by atoms with E-state index >= 15 is 0 Å². The van der Waals surface area contributed by atoms with E-state index in [4.69, 9.17) is 11.6 Å². The number of aryl methyl sites for hydroxylation is 1. The van der Waals surface area contributed by atoms with Crippen molar-refractivity contribution in [1.29, 1.82) is 0 Å². The Bertz CT molecular complexity index is 723. The van der Waals surface area contributed by atoms with E-state index in [9.17, 15) is 4.79 Å². The number of halogens is 1. The van der Waals surface area contributed by atoms with E-state index in [1.54, 1.807) is 7.05 Å². The molecular formula is C21H32ClN5O. The van der Waals surface area contributed by atoms with Crippen molar-refractivity contribution in [2.45, 2.75) is 39.2 Å². The summed E-state index contributed by atoms with van der Waals surface area (Å²) < 4.78 is 0. The van der Waals surface area contributed by atoms with Crippen LogP contribution in [0, 0.1) is 12.8 Å². The predicted molar refractivity (Wildman–Crippen MR) is 116 cm³/mol. The maximum absolute atomic E-state index is 11.8. The van der Waals surface area contributed by atoms with Crippen molar-refractivity contribution in [3.8, 4) is 0 Å². The van der Waals surface area contributed by atoms with Crippen LogP contribution in [0.4, 0.5) is 5.69 Å². The summed E-state index contributed by atoms with van der Waals surface area (Å²) in [4.78, 5) is 20.6. The smallest absolute Gasteiger partial charge is 0.222 e. The Balaban J connectivity index is 1.46. The fourth-order valence-electron chi connectivity index (χ4n) is 4.10. The summed E-state index contributed by atoms with van der Waals surface area (Å²) in [5.41, 5.74) is 2.51. The number of carbonyl (C=O) groups is 1. The molecule has 3 rings (SSSR count). The van der Waals surface area contributed by atoms with Crippen molar-refractivity contribution in [1.82, 2.24) is 15.5 Å². The van der Waals surface area contributed by atoms with Crippen LogP contribution in [0.2, 0.25) is 5.02 Å². The molecule has 0 radical (unpaired) electrons. The molecule has 6 nitrogen and oxygen atoms in total. The van der Waals surface area contributed by atoms with Gasteiger partial charge >= 0.3 is 0 Å². The van der Waals surface area contributed by atoms with Gasteiger partial charge in [-0.05, 0) is 43.4 Å². The van der Waals surface area contributed by atoms with E-state index in [2.05, 4.69) is 39.6 Å². The number of nitrogens with one attached hydrogen (secondary N) is 2. The van der Waals surface area contributed by atoms with Gasteiger partial charge in [0, 0.05) is 62.9 Å². The molecule has 7 heteroatoms. The highest BCUT2D eigenvalue weighted by molar-refractivity contribution is 6.30. The first-order valence-corrected chi connectivity index (χ1v) is 10.6. The Kier molecular flexibility index (Phi) is 7.05. The molecule has 0 bridgehead atoms. The quantitative estimate of drug-likeness (QED) is 0.584. The van der Waals surface area contributed by atoms with Crippen LogP contribution in [0.5, 0.6) is 0 Å². The maximum atomic E-state index is 11.8. The summed E-state index contributed by atoms with van der Waals surface area (Å²) in [6.07, 6.45) is 2.69. The third-order valence-corrected chi connectivity index (χ3v) is 6.00. The Labute approximate surface area is 173 Å².